The second-order valence-corrected chi connectivity index (χ2v) is 9.15. The number of sulfone groups is 1. The quantitative estimate of drug-likeness (QED) is 0.458. The van der Waals surface area contributed by atoms with Crippen LogP contribution in [0, 0.1) is 0 Å². The minimum atomic E-state index is -3.00. The lowest BCUT2D eigenvalue weighted by molar-refractivity contribution is -0.121. The van der Waals surface area contributed by atoms with Gasteiger partial charge in [-0.15, -0.1) is 0 Å². The topological polar surface area (TPSA) is 109 Å². The third-order valence-electron chi connectivity index (χ3n) is 4.71. The second kappa shape index (κ2) is 10.3. The summed E-state index contributed by atoms with van der Waals surface area (Å²) in [5.41, 5.74) is 0.971. The van der Waals surface area contributed by atoms with Crippen LogP contribution in [-0.2, 0) is 21.2 Å². The Balaban J connectivity index is 1.83. The molecule has 1 fully saturated rings. The molecule has 0 saturated carbocycles. The van der Waals surface area contributed by atoms with Gasteiger partial charge in [0.15, 0.2) is 15.8 Å². The Labute approximate surface area is 172 Å². The van der Waals surface area contributed by atoms with Crippen molar-refractivity contribution in [1.82, 2.24) is 15.5 Å². The molecule has 1 aliphatic rings. The van der Waals surface area contributed by atoms with Gasteiger partial charge < -0.3 is 25.0 Å². The first kappa shape index (κ1) is 22.8. The van der Waals surface area contributed by atoms with Crippen LogP contribution in [0.2, 0.25) is 0 Å². The van der Waals surface area contributed by atoms with E-state index in [0.29, 0.717) is 25.5 Å². The van der Waals surface area contributed by atoms with E-state index in [2.05, 4.69) is 15.6 Å². The van der Waals surface area contributed by atoms with Crippen molar-refractivity contribution in [1.29, 1.82) is 0 Å². The van der Waals surface area contributed by atoms with Gasteiger partial charge in [-0.05, 0) is 18.6 Å². The molecule has 0 aromatic heterocycles. The van der Waals surface area contributed by atoms with E-state index in [1.54, 1.807) is 21.3 Å². The van der Waals surface area contributed by atoms with E-state index in [0.717, 1.165) is 17.1 Å². The summed E-state index contributed by atoms with van der Waals surface area (Å²) >= 11 is 0. The zero-order chi connectivity index (χ0) is 21.4. The number of aliphatic imine (C=N–C) groups is 1. The molecule has 0 aliphatic carbocycles. The van der Waals surface area contributed by atoms with Crippen molar-refractivity contribution in [3.05, 3.63) is 23.8 Å². The van der Waals surface area contributed by atoms with Gasteiger partial charge in [0.05, 0.1) is 25.7 Å². The van der Waals surface area contributed by atoms with E-state index in [4.69, 9.17) is 9.47 Å². The zero-order valence-corrected chi connectivity index (χ0v) is 18.2. The fourth-order valence-electron chi connectivity index (χ4n) is 3.19. The van der Waals surface area contributed by atoms with Crippen LogP contribution in [0.25, 0.3) is 0 Å². The molecule has 0 bridgehead atoms. The predicted octanol–water partition coefficient (Wildman–Crippen LogP) is 0.404. The first-order chi connectivity index (χ1) is 13.8. The largest absolute Gasteiger partial charge is 0.497 e. The highest BCUT2D eigenvalue weighted by Crippen LogP contribution is 2.25. The van der Waals surface area contributed by atoms with Gasteiger partial charge in [0.25, 0.3) is 0 Å². The standard InChI is InChI=1S/C19H30N4O5S/c1-20-19(21-9-7-18(24)22-15-8-10-29(25,26)13-15)23(2)12-14-5-6-16(27-3)11-17(14)28-4/h5-6,11,15H,7-10,12-13H2,1-4H3,(H,20,21)(H,22,24). The molecule has 1 heterocycles. The molecule has 10 heteroatoms. The number of rotatable bonds is 8. The molecule has 1 unspecified atom stereocenters. The van der Waals surface area contributed by atoms with Gasteiger partial charge in [-0.2, -0.15) is 0 Å². The van der Waals surface area contributed by atoms with E-state index in [1.165, 1.54) is 0 Å². The van der Waals surface area contributed by atoms with Crippen molar-refractivity contribution >= 4 is 21.7 Å². The number of carbonyl (C=O) groups excluding carboxylic acids is 1. The summed E-state index contributed by atoms with van der Waals surface area (Å²) in [6.07, 6.45) is 0.713. The number of hydrogen-bond donors (Lipinski definition) is 2. The first-order valence-electron chi connectivity index (χ1n) is 9.40. The average molecular weight is 427 g/mol. The summed E-state index contributed by atoms with van der Waals surface area (Å²) in [6, 6.07) is 5.35. The molecule has 1 amide bonds. The van der Waals surface area contributed by atoms with E-state index in [-0.39, 0.29) is 29.9 Å². The Morgan fingerprint density at radius 1 is 1.31 bits per heavy atom. The van der Waals surface area contributed by atoms with Crippen molar-refractivity contribution in [3.63, 3.8) is 0 Å². The summed E-state index contributed by atoms with van der Waals surface area (Å²) in [4.78, 5) is 18.2. The summed E-state index contributed by atoms with van der Waals surface area (Å²) < 4.78 is 33.6. The van der Waals surface area contributed by atoms with Crippen LogP contribution in [0.15, 0.2) is 23.2 Å². The van der Waals surface area contributed by atoms with Crippen LogP contribution in [-0.4, -0.2) is 77.6 Å². The SMILES string of the molecule is CN=C(NCCC(=O)NC1CCS(=O)(=O)C1)N(C)Cc1ccc(OC)cc1OC. The van der Waals surface area contributed by atoms with Gasteiger partial charge in [0, 0.05) is 51.3 Å². The molecule has 162 valence electrons. The van der Waals surface area contributed by atoms with Crippen LogP contribution in [0.4, 0.5) is 0 Å². The third-order valence-corrected chi connectivity index (χ3v) is 6.48. The lowest BCUT2D eigenvalue weighted by Crippen LogP contribution is -2.41. The summed E-state index contributed by atoms with van der Waals surface area (Å²) in [5.74, 6) is 2.07. The minimum absolute atomic E-state index is 0.0280. The Hall–Kier alpha value is -2.49. The second-order valence-electron chi connectivity index (χ2n) is 6.93. The Kier molecular flexibility index (Phi) is 8.12. The fraction of sp³-hybridized carbons (Fsp3) is 0.579. The zero-order valence-electron chi connectivity index (χ0n) is 17.4. The van der Waals surface area contributed by atoms with Gasteiger partial charge in [-0.25, -0.2) is 8.42 Å². The predicted molar refractivity (Wildman–Crippen MR) is 112 cm³/mol. The highest BCUT2D eigenvalue weighted by molar-refractivity contribution is 7.91. The molecular formula is C19H30N4O5S. The smallest absolute Gasteiger partial charge is 0.222 e. The van der Waals surface area contributed by atoms with Crippen LogP contribution >= 0.6 is 0 Å². The molecule has 1 aromatic rings. The Bertz CT molecular complexity index is 841. The summed E-state index contributed by atoms with van der Waals surface area (Å²) in [5, 5.41) is 5.93. The number of methoxy groups -OCH3 is 2. The van der Waals surface area contributed by atoms with Crippen molar-refractivity contribution in [2.24, 2.45) is 4.99 Å². The van der Waals surface area contributed by atoms with E-state index >= 15 is 0 Å². The average Bonchev–Trinajstić information content (AvgIpc) is 3.03. The van der Waals surface area contributed by atoms with Crippen LogP contribution in [0.5, 0.6) is 11.5 Å². The number of guanidine groups is 1. The van der Waals surface area contributed by atoms with Crippen molar-refractivity contribution in [2.75, 3.05) is 46.4 Å². The molecule has 9 nitrogen and oxygen atoms in total. The first-order valence-corrected chi connectivity index (χ1v) is 11.2. The Morgan fingerprint density at radius 3 is 2.66 bits per heavy atom. The van der Waals surface area contributed by atoms with Crippen LogP contribution in [0.3, 0.4) is 0 Å². The number of amides is 1. The summed E-state index contributed by atoms with van der Waals surface area (Å²) in [7, 11) is 3.78. The molecule has 1 saturated heterocycles. The maximum Gasteiger partial charge on any atom is 0.222 e. The van der Waals surface area contributed by atoms with E-state index in [9.17, 15) is 13.2 Å². The highest BCUT2D eigenvalue weighted by atomic mass is 32.2. The van der Waals surface area contributed by atoms with Crippen molar-refractivity contribution in [3.8, 4) is 11.5 Å². The maximum atomic E-state index is 12.1. The molecule has 1 atom stereocenters. The summed E-state index contributed by atoms with van der Waals surface area (Å²) in [6.45, 7) is 0.945. The Morgan fingerprint density at radius 2 is 2.07 bits per heavy atom. The lowest BCUT2D eigenvalue weighted by atomic mass is 10.2. The van der Waals surface area contributed by atoms with Crippen LogP contribution in [0.1, 0.15) is 18.4 Å². The number of nitrogens with zero attached hydrogens (tertiary/aromatic N) is 2. The molecule has 0 radical (unpaired) electrons. The van der Waals surface area contributed by atoms with E-state index < -0.39 is 9.84 Å². The van der Waals surface area contributed by atoms with Crippen LogP contribution < -0.4 is 20.1 Å². The molecule has 0 spiro atoms. The number of carbonyl (C=O) groups is 1. The molecular weight excluding hydrogens is 396 g/mol. The number of benzene rings is 1. The van der Waals surface area contributed by atoms with Gasteiger partial charge in [-0.3, -0.25) is 9.79 Å². The van der Waals surface area contributed by atoms with Gasteiger partial charge in [0.2, 0.25) is 5.91 Å². The van der Waals surface area contributed by atoms with Gasteiger partial charge in [-0.1, -0.05) is 0 Å². The lowest BCUT2D eigenvalue weighted by Gasteiger charge is -2.23. The molecule has 29 heavy (non-hydrogen) atoms. The molecule has 2 rings (SSSR count). The highest BCUT2D eigenvalue weighted by Gasteiger charge is 2.28. The van der Waals surface area contributed by atoms with Crippen molar-refractivity contribution < 1.29 is 22.7 Å². The van der Waals surface area contributed by atoms with Gasteiger partial charge in [0.1, 0.15) is 11.5 Å². The molecule has 2 N–H and O–H groups in total. The normalized spacial score (nSPS) is 18.2. The fourth-order valence-corrected chi connectivity index (χ4v) is 4.87. The number of nitrogens with one attached hydrogen (secondary N) is 2. The van der Waals surface area contributed by atoms with E-state index in [1.807, 2.05) is 30.1 Å². The number of hydrogen-bond acceptors (Lipinski definition) is 6. The monoisotopic (exact) mass is 426 g/mol. The minimum Gasteiger partial charge on any atom is -0.497 e. The third kappa shape index (κ3) is 6.81. The van der Waals surface area contributed by atoms with Gasteiger partial charge >= 0.3 is 0 Å². The molecule has 1 aliphatic heterocycles. The molecule has 1 aromatic carbocycles. The number of ether oxygens (including phenoxy) is 2. The van der Waals surface area contributed by atoms with Crippen molar-refractivity contribution in [2.45, 2.75) is 25.4 Å². The maximum absolute atomic E-state index is 12.1.